The van der Waals surface area contributed by atoms with Crippen LogP contribution in [0.4, 0.5) is 34.1 Å². The summed E-state index contributed by atoms with van der Waals surface area (Å²) in [5.41, 5.74) is 20.7. The van der Waals surface area contributed by atoms with Gasteiger partial charge in [-0.2, -0.15) is 0 Å². The zero-order valence-electron chi connectivity index (χ0n) is 36.2. The van der Waals surface area contributed by atoms with Crippen molar-refractivity contribution in [3.63, 3.8) is 0 Å². The Bertz CT molecular complexity index is 2970. The molecular formula is C55H53BN2O. The van der Waals surface area contributed by atoms with Gasteiger partial charge in [-0.25, -0.2) is 0 Å². The maximum absolute atomic E-state index is 6.37. The van der Waals surface area contributed by atoms with E-state index >= 15 is 0 Å². The molecule has 2 aliphatic heterocycles. The minimum Gasteiger partial charge on any atom is -0.456 e. The van der Waals surface area contributed by atoms with Crippen LogP contribution in [0.5, 0.6) is 0 Å². The van der Waals surface area contributed by atoms with Crippen LogP contribution in [-0.4, -0.2) is 6.71 Å². The van der Waals surface area contributed by atoms with Crippen molar-refractivity contribution in [3.8, 4) is 11.1 Å². The van der Waals surface area contributed by atoms with E-state index in [2.05, 4.69) is 212 Å². The summed E-state index contributed by atoms with van der Waals surface area (Å²) in [6.07, 6.45) is 0. The van der Waals surface area contributed by atoms with Gasteiger partial charge in [-0.15, -0.1) is 0 Å². The van der Waals surface area contributed by atoms with Gasteiger partial charge >= 0.3 is 0 Å². The average Bonchev–Trinajstić information content (AvgIpc) is 3.58. The largest absolute Gasteiger partial charge is 0.456 e. The zero-order valence-corrected chi connectivity index (χ0v) is 36.2. The molecule has 0 N–H and O–H groups in total. The summed E-state index contributed by atoms with van der Waals surface area (Å²) in [5, 5.41) is 2.29. The molecule has 0 saturated heterocycles. The van der Waals surface area contributed by atoms with Crippen molar-refractivity contribution < 1.29 is 4.42 Å². The molecule has 0 radical (unpaired) electrons. The van der Waals surface area contributed by atoms with Crippen molar-refractivity contribution in [3.05, 3.63) is 162 Å². The minimum atomic E-state index is -0.0293. The highest BCUT2D eigenvalue weighted by Gasteiger charge is 2.44. The maximum Gasteiger partial charge on any atom is 0.252 e. The van der Waals surface area contributed by atoms with Crippen LogP contribution in [0.25, 0.3) is 33.1 Å². The first kappa shape index (κ1) is 37.3. The highest BCUT2D eigenvalue weighted by atomic mass is 16.3. The Morgan fingerprint density at radius 3 is 1.78 bits per heavy atom. The quantitative estimate of drug-likeness (QED) is 0.167. The van der Waals surface area contributed by atoms with E-state index < -0.39 is 0 Å². The normalized spacial score (nSPS) is 13.8. The van der Waals surface area contributed by atoms with E-state index in [-0.39, 0.29) is 23.0 Å². The Labute approximate surface area is 350 Å². The van der Waals surface area contributed by atoms with Crippen LogP contribution in [0.3, 0.4) is 0 Å². The summed E-state index contributed by atoms with van der Waals surface area (Å²) in [5.74, 6) is 0. The SMILES string of the molecule is Cc1cc2c3c(c1)N(c1cccc(-c4cccc5oc6ccccc6c45)c1)c1cc(C(C)(C)C)ccc1B3c1cc(C(C)(C)C)ccc1N2c1ccc(C(C)(C)C)cc1. The lowest BCUT2D eigenvalue weighted by molar-refractivity contribution is 0.590. The summed E-state index contributed by atoms with van der Waals surface area (Å²) in [7, 11) is 0. The van der Waals surface area contributed by atoms with E-state index in [1.54, 1.807) is 0 Å². The van der Waals surface area contributed by atoms with Crippen LogP contribution < -0.4 is 26.2 Å². The van der Waals surface area contributed by atoms with Gasteiger partial charge in [0.25, 0.3) is 6.71 Å². The second kappa shape index (κ2) is 13.0. The molecule has 3 nitrogen and oxygen atoms in total. The van der Waals surface area contributed by atoms with E-state index in [9.17, 15) is 0 Å². The van der Waals surface area contributed by atoms with Gasteiger partial charge in [0, 0.05) is 44.9 Å². The van der Waals surface area contributed by atoms with Crippen LogP contribution >= 0.6 is 0 Å². The van der Waals surface area contributed by atoms with Crippen molar-refractivity contribution in [2.24, 2.45) is 0 Å². The van der Waals surface area contributed by atoms with Crippen LogP contribution in [0.15, 0.2) is 144 Å². The van der Waals surface area contributed by atoms with Crippen LogP contribution in [0.2, 0.25) is 0 Å². The maximum atomic E-state index is 6.37. The van der Waals surface area contributed by atoms with Crippen molar-refractivity contribution in [2.75, 3.05) is 9.80 Å². The van der Waals surface area contributed by atoms with Crippen molar-refractivity contribution in [1.29, 1.82) is 0 Å². The molecular weight excluding hydrogens is 715 g/mol. The summed E-state index contributed by atoms with van der Waals surface area (Å²) in [4.78, 5) is 5.09. The molecule has 7 aromatic carbocycles. The predicted octanol–water partition coefficient (Wildman–Crippen LogP) is 13.5. The van der Waals surface area contributed by atoms with Gasteiger partial charge in [-0.1, -0.05) is 141 Å². The number of rotatable bonds is 3. The lowest BCUT2D eigenvalue weighted by Crippen LogP contribution is -2.61. The molecule has 0 amide bonds. The molecule has 2 aliphatic rings. The van der Waals surface area contributed by atoms with Crippen LogP contribution in [-0.2, 0) is 16.2 Å². The van der Waals surface area contributed by atoms with E-state index in [1.807, 2.05) is 6.07 Å². The molecule has 0 bridgehead atoms. The third-order valence-corrected chi connectivity index (χ3v) is 12.8. The highest BCUT2D eigenvalue weighted by Crippen LogP contribution is 2.47. The molecule has 0 spiro atoms. The molecule has 4 heteroatoms. The molecule has 1 aromatic heterocycles. The molecule has 0 saturated carbocycles. The average molecular weight is 769 g/mol. The fraction of sp³-hybridized carbons (Fsp3) is 0.236. The smallest absolute Gasteiger partial charge is 0.252 e. The van der Waals surface area contributed by atoms with Crippen LogP contribution in [0.1, 0.15) is 84.6 Å². The lowest BCUT2D eigenvalue weighted by Gasteiger charge is -2.45. The van der Waals surface area contributed by atoms with E-state index in [4.69, 9.17) is 4.42 Å². The van der Waals surface area contributed by atoms with Gasteiger partial charge in [0.05, 0.1) is 0 Å². The minimum absolute atomic E-state index is 0.00612. The second-order valence-electron chi connectivity index (χ2n) is 20.0. The zero-order chi connectivity index (χ0) is 41.2. The summed E-state index contributed by atoms with van der Waals surface area (Å²) >= 11 is 0. The Morgan fingerprint density at radius 1 is 0.458 bits per heavy atom. The van der Waals surface area contributed by atoms with Gasteiger partial charge in [0.15, 0.2) is 0 Å². The Morgan fingerprint density at radius 2 is 1.07 bits per heavy atom. The summed E-state index contributed by atoms with van der Waals surface area (Å²) < 4.78 is 6.37. The molecule has 59 heavy (non-hydrogen) atoms. The van der Waals surface area contributed by atoms with Crippen molar-refractivity contribution in [2.45, 2.75) is 85.5 Å². The lowest BCUT2D eigenvalue weighted by atomic mass is 9.33. The number of nitrogens with zero attached hydrogens (tertiary/aromatic N) is 2. The molecule has 0 atom stereocenters. The first-order valence-corrected chi connectivity index (χ1v) is 21.2. The Kier molecular flexibility index (Phi) is 8.22. The summed E-state index contributed by atoms with van der Waals surface area (Å²) in [6.45, 7) is 23.1. The van der Waals surface area contributed by atoms with Crippen molar-refractivity contribution in [1.82, 2.24) is 0 Å². The molecule has 292 valence electrons. The number of hydrogen-bond donors (Lipinski definition) is 0. The summed E-state index contributed by atoms with van der Waals surface area (Å²) in [6, 6.07) is 52.6. The Hall–Kier alpha value is -6.00. The predicted molar refractivity (Wildman–Crippen MR) is 254 cm³/mol. The van der Waals surface area contributed by atoms with Gasteiger partial charge in [-0.05, 0) is 134 Å². The van der Waals surface area contributed by atoms with E-state index in [1.165, 1.54) is 72.6 Å². The first-order chi connectivity index (χ1) is 28.1. The number of para-hydroxylation sites is 1. The molecule has 0 unspecified atom stereocenters. The van der Waals surface area contributed by atoms with Crippen LogP contribution in [0, 0.1) is 6.92 Å². The molecule has 0 aliphatic carbocycles. The standard InChI is InChI=1S/C55H53BN2O/c1-34-29-47-52-48(30-34)58(40-16-13-15-35(31-40)41-18-14-20-50-51(41)42-17-11-12-19-49(42)59-50)46-33-38(55(8,9)10)23-27-43(46)56(52)44-32-37(54(5,6)7)24-28-45(44)57(47)39-25-21-36(22-26-39)53(2,3)4/h11-33H,1-10H3. The highest BCUT2D eigenvalue weighted by molar-refractivity contribution is 7.00. The van der Waals surface area contributed by atoms with Gasteiger partial charge in [0.2, 0.25) is 0 Å². The molecule has 10 rings (SSSR count). The first-order valence-electron chi connectivity index (χ1n) is 21.2. The van der Waals surface area contributed by atoms with E-state index in [0.29, 0.717) is 0 Å². The third kappa shape index (κ3) is 6.02. The van der Waals surface area contributed by atoms with Gasteiger partial charge in [-0.3, -0.25) is 0 Å². The molecule has 3 heterocycles. The fourth-order valence-corrected chi connectivity index (χ4v) is 9.56. The molecule has 0 fully saturated rings. The Balaban J connectivity index is 1.25. The number of benzene rings is 7. The number of hydrogen-bond acceptors (Lipinski definition) is 3. The number of furan rings is 1. The van der Waals surface area contributed by atoms with Gasteiger partial charge < -0.3 is 14.2 Å². The van der Waals surface area contributed by atoms with Gasteiger partial charge in [0.1, 0.15) is 11.2 Å². The third-order valence-electron chi connectivity index (χ3n) is 12.8. The topological polar surface area (TPSA) is 19.6 Å². The number of anilines is 6. The number of fused-ring (bicyclic) bond motifs is 7. The second-order valence-corrected chi connectivity index (χ2v) is 20.0. The molecule has 8 aromatic rings. The monoisotopic (exact) mass is 768 g/mol. The number of aryl methyl sites for hydroxylation is 1. The van der Waals surface area contributed by atoms with E-state index in [0.717, 1.165) is 33.2 Å². The van der Waals surface area contributed by atoms with Crippen molar-refractivity contribution >= 4 is 79.2 Å². The fourth-order valence-electron chi connectivity index (χ4n) is 9.56.